The number of nitro benzene ring substituents is 1. The molecule has 0 aliphatic rings. The SMILES string of the molecule is COc1ccc(NC(=O)Cn2cccc2C=O)c([N+](=O)[O-])c1. The standard InChI is InChI=1S/C14H13N3O5/c1-22-11-4-5-12(13(7-11)17(20)21)15-14(19)8-16-6-2-3-10(16)9-18/h2-7,9H,8H2,1H3,(H,15,19). The van der Waals surface area contributed by atoms with Gasteiger partial charge < -0.3 is 14.6 Å². The Morgan fingerprint density at radius 1 is 1.45 bits per heavy atom. The number of carbonyl (C=O) groups is 2. The van der Waals surface area contributed by atoms with E-state index in [0.29, 0.717) is 17.7 Å². The summed E-state index contributed by atoms with van der Waals surface area (Å²) in [6.45, 7) is -0.121. The van der Waals surface area contributed by atoms with Crippen LogP contribution in [0, 0.1) is 10.1 Å². The van der Waals surface area contributed by atoms with Gasteiger partial charge in [0.2, 0.25) is 5.91 Å². The summed E-state index contributed by atoms with van der Waals surface area (Å²) >= 11 is 0. The molecule has 0 bridgehead atoms. The molecule has 0 saturated heterocycles. The number of ether oxygens (including phenoxy) is 1. The predicted molar refractivity (Wildman–Crippen MR) is 78.1 cm³/mol. The number of aromatic nitrogens is 1. The summed E-state index contributed by atoms with van der Waals surface area (Å²) in [5.74, 6) is -0.161. The molecule has 0 fully saturated rings. The Morgan fingerprint density at radius 2 is 2.23 bits per heavy atom. The van der Waals surface area contributed by atoms with Crippen molar-refractivity contribution in [2.45, 2.75) is 6.54 Å². The molecule has 0 saturated carbocycles. The number of nitro groups is 1. The van der Waals surface area contributed by atoms with Crippen LogP contribution in [0.15, 0.2) is 36.5 Å². The molecule has 8 heteroatoms. The first kappa shape index (κ1) is 15.2. The molecule has 0 unspecified atom stereocenters. The van der Waals surface area contributed by atoms with Crippen molar-refractivity contribution in [2.24, 2.45) is 0 Å². The Hall–Kier alpha value is -3.16. The average Bonchev–Trinajstić information content (AvgIpc) is 2.94. The van der Waals surface area contributed by atoms with Crippen LogP contribution in [0.5, 0.6) is 5.75 Å². The molecular weight excluding hydrogens is 290 g/mol. The van der Waals surface area contributed by atoms with E-state index in [-0.39, 0.29) is 17.9 Å². The molecule has 0 spiro atoms. The van der Waals surface area contributed by atoms with Gasteiger partial charge in [0, 0.05) is 6.20 Å². The Bertz CT molecular complexity index is 723. The lowest BCUT2D eigenvalue weighted by Gasteiger charge is -2.09. The van der Waals surface area contributed by atoms with E-state index >= 15 is 0 Å². The lowest BCUT2D eigenvalue weighted by molar-refractivity contribution is -0.384. The molecule has 22 heavy (non-hydrogen) atoms. The summed E-state index contributed by atoms with van der Waals surface area (Å²) in [4.78, 5) is 33.2. The van der Waals surface area contributed by atoms with E-state index in [1.54, 1.807) is 18.3 Å². The van der Waals surface area contributed by atoms with Crippen LogP contribution >= 0.6 is 0 Å². The number of amides is 1. The van der Waals surface area contributed by atoms with Crippen LogP contribution in [0.2, 0.25) is 0 Å². The van der Waals surface area contributed by atoms with Crippen molar-refractivity contribution in [3.05, 3.63) is 52.3 Å². The van der Waals surface area contributed by atoms with E-state index in [1.807, 2.05) is 0 Å². The van der Waals surface area contributed by atoms with Gasteiger partial charge in [-0.25, -0.2) is 0 Å². The molecule has 2 rings (SSSR count). The van der Waals surface area contributed by atoms with Crippen molar-refractivity contribution in [1.82, 2.24) is 4.57 Å². The fourth-order valence-electron chi connectivity index (χ4n) is 1.92. The molecule has 0 aliphatic heterocycles. The third-order valence-corrected chi connectivity index (χ3v) is 2.98. The van der Waals surface area contributed by atoms with Crippen LogP contribution in [-0.2, 0) is 11.3 Å². The molecule has 1 aromatic heterocycles. The van der Waals surface area contributed by atoms with Crippen molar-refractivity contribution < 1.29 is 19.2 Å². The fraction of sp³-hybridized carbons (Fsp3) is 0.143. The third-order valence-electron chi connectivity index (χ3n) is 2.98. The summed E-state index contributed by atoms with van der Waals surface area (Å²) < 4.78 is 6.36. The summed E-state index contributed by atoms with van der Waals surface area (Å²) in [6.07, 6.45) is 2.20. The van der Waals surface area contributed by atoms with Gasteiger partial charge in [0.15, 0.2) is 6.29 Å². The van der Waals surface area contributed by atoms with Crippen LogP contribution in [-0.4, -0.2) is 28.8 Å². The largest absolute Gasteiger partial charge is 0.496 e. The molecule has 1 aromatic carbocycles. The zero-order valence-corrected chi connectivity index (χ0v) is 11.7. The topological polar surface area (TPSA) is 103 Å². The Morgan fingerprint density at radius 3 is 2.86 bits per heavy atom. The number of methoxy groups -OCH3 is 1. The van der Waals surface area contributed by atoms with Gasteiger partial charge in [-0.1, -0.05) is 0 Å². The van der Waals surface area contributed by atoms with Gasteiger partial charge in [-0.3, -0.25) is 19.7 Å². The van der Waals surface area contributed by atoms with Gasteiger partial charge in [0.05, 0.1) is 23.8 Å². The minimum absolute atomic E-state index is 0.0654. The molecule has 1 amide bonds. The smallest absolute Gasteiger partial charge is 0.296 e. The van der Waals surface area contributed by atoms with E-state index in [2.05, 4.69) is 5.32 Å². The third kappa shape index (κ3) is 3.29. The van der Waals surface area contributed by atoms with E-state index in [0.717, 1.165) is 0 Å². The van der Waals surface area contributed by atoms with Crippen LogP contribution in [0.3, 0.4) is 0 Å². The van der Waals surface area contributed by atoms with Gasteiger partial charge in [-0.05, 0) is 24.3 Å². The van der Waals surface area contributed by atoms with Gasteiger partial charge in [0.25, 0.3) is 5.69 Å². The first-order chi connectivity index (χ1) is 10.5. The maximum Gasteiger partial charge on any atom is 0.296 e. The Kier molecular flexibility index (Phi) is 4.52. The zero-order chi connectivity index (χ0) is 16.1. The van der Waals surface area contributed by atoms with Crippen molar-refractivity contribution in [1.29, 1.82) is 0 Å². The molecule has 1 heterocycles. The maximum atomic E-state index is 12.0. The Balaban J connectivity index is 2.18. The minimum Gasteiger partial charge on any atom is -0.496 e. The molecule has 2 aromatic rings. The van der Waals surface area contributed by atoms with Gasteiger partial charge in [-0.2, -0.15) is 0 Å². The highest BCUT2D eigenvalue weighted by Crippen LogP contribution is 2.28. The number of aldehydes is 1. The lowest BCUT2D eigenvalue weighted by Crippen LogP contribution is -2.20. The molecular formula is C14H13N3O5. The second kappa shape index (κ2) is 6.53. The highest BCUT2D eigenvalue weighted by molar-refractivity contribution is 5.93. The highest BCUT2D eigenvalue weighted by Gasteiger charge is 2.17. The number of hydrogen-bond acceptors (Lipinski definition) is 5. The van der Waals surface area contributed by atoms with Crippen molar-refractivity contribution >= 4 is 23.6 Å². The maximum absolute atomic E-state index is 12.0. The number of carbonyl (C=O) groups excluding carboxylic acids is 2. The van der Waals surface area contributed by atoms with E-state index < -0.39 is 10.8 Å². The molecule has 0 aliphatic carbocycles. The normalized spacial score (nSPS) is 10.0. The molecule has 1 N–H and O–H groups in total. The molecule has 114 valence electrons. The summed E-state index contributed by atoms with van der Waals surface area (Å²) in [5, 5.41) is 13.5. The molecule has 0 radical (unpaired) electrons. The monoisotopic (exact) mass is 303 g/mol. The van der Waals surface area contributed by atoms with Gasteiger partial charge >= 0.3 is 0 Å². The number of anilines is 1. The van der Waals surface area contributed by atoms with Gasteiger partial charge in [-0.15, -0.1) is 0 Å². The number of nitrogens with zero attached hydrogens (tertiary/aromatic N) is 2. The van der Waals surface area contributed by atoms with E-state index in [1.165, 1.54) is 29.9 Å². The van der Waals surface area contributed by atoms with Crippen LogP contribution < -0.4 is 10.1 Å². The number of hydrogen-bond donors (Lipinski definition) is 1. The fourth-order valence-corrected chi connectivity index (χ4v) is 1.92. The van der Waals surface area contributed by atoms with Crippen molar-refractivity contribution in [2.75, 3.05) is 12.4 Å². The average molecular weight is 303 g/mol. The summed E-state index contributed by atoms with van der Waals surface area (Å²) in [7, 11) is 1.39. The van der Waals surface area contributed by atoms with Crippen molar-refractivity contribution in [3.8, 4) is 5.75 Å². The molecule has 0 atom stereocenters. The molecule has 8 nitrogen and oxygen atoms in total. The van der Waals surface area contributed by atoms with E-state index in [9.17, 15) is 19.7 Å². The number of nitrogens with one attached hydrogen (secondary N) is 1. The lowest BCUT2D eigenvalue weighted by atomic mass is 10.2. The van der Waals surface area contributed by atoms with Crippen molar-refractivity contribution in [3.63, 3.8) is 0 Å². The van der Waals surface area contributed by atoms with Crippen LogP contribution in [0.25, 0.3) is 0 Å². The summed E-state index contributed by atoms with van der Waals surface area (Å²) in [5.41, 5.74) is 0.144. The minimum atomic E-state index is -0.607. The first-order valence-electron chi connectivity index (χ1n) is 6.27. The Labute approximate surface area is 125 Å². The van der Waals surface area contributed by atoms with Gasteiger partial charge in [0.1, 0.15) is 18.0 Å². The number of rotatable bonds is 6. The van der Waals surface area contributed by atoms with E-state index in [4.69, 9.17) is 4.74 Å². The zero-order valence-electron chi connectivity index (χ0n) is 11.7. The van der Waals surface area contributed by atoms with Crippen LogP contribution in [0.1, 0.15) is 10.5 Å². The quantitative estimate of drug-likeness (QED) is 0.498. The predicted octanol–water partition coefficient (Wildman–Crippen LogP) is 1.86. The first-order valence-corrected chi connectivity index (χ1v) is 6.27. The second-order valence-electron chi connectivity index (χ2n) is 4.37. The number of benzene rings is 1. The second-order valence-corrected chi connectivity index (χ2v) is 4.37. The highest BCUT2D eigenvalue weighted by atomic mass is 16.6. The van der Waals surface area contributed by atoms with Crippen LogP contribution in [0.4, 0.5) is 11.4 Å². The summed E-state index contributed by atoms with van der Waals surface area (Å²) in [6, 6.07) is 7.32.